The Balaban J connectivity index is 3.21. The average Bonchev–Trinajstić information content (AvgIpc) is 1.83. The zero-order chi connectivity index (χ0) is 6.41. The van der Waals surface area contributed by atoms with Gasteiger partial charge in [0.2, 0.25) is 0 Å². The van der Waals surface area contributed by atoms with Crippen LogP contribution in [0.3, 0.4) is 0 Å². The molecule has 2 nitrogen and oxygen atoms in total. The predicted molar refractivity (Wildman–Crippen MR) is 36.9 cm³/mol. The van der Waals surface area contributed by atoms with Gasteiger partial charge < -0.3 is 11.1 Å². The lowest BCUT2D eigenvalue weighted by Gasteiger charge is -1.96. The fraction of sp³-hybridized carbons (Fsp3) is 0.600. The van der Waals surface area contributed by atoms with Crippen LogP contribution in [0.5, 0.6) is 0 Å². The summed E-state index contributed by atoms with van der Waals surface area (Å²) < 4.78 is 0. The van der Waals surface area contributed by atoms with E-state index in [2.05, 4.69) is 5.32 Å². The molecule has 8 heavy (non-hydrogen) atoms. The maximum Gasteiger partial charge on any atom is 0.0411 e. The number of hydrogen-bond donors (Lipinski definition) is 2. The first kappa shape index (κ1) is 7.79. The van der Waals surface area contributed by atoms with Gasteiger partial charge in [0, 0.05) is 19.0 Å². The van der Waals surface area contributed by atoms with E-state index in [0.717, 1.165) is 0 Å². The summed E-state index contributed by atoms with van der Waals surface area (Å²) >= 11 is 5.38. The first-order valence-electron chi connectivity index (χ1n) is 2.46. The Morgan fingerprint density at radius 2 is 2.50 bits per heavy atom. The lowest BCUT2D eigenvalue weighted by Crippen LogP contribution is -2.18. The molecule has 0 spiro atoms. The molecule has 1 unspecified atom stereocenters. The van der Waals surface area contributed by atoms with E-state index in [1.54, 1.807) is 6.20 Å². The SMILES string of the molecule is CN/C=C\C(N)CCl. The number of alkyl halides is 1. The number of hydrogen-bond acceptors (Lipinski definition) is 2. The van der Waals surface area contributed by atoms with Crippen LogP contribution in [0.15, 0.2) is 12.3 Å². The molecule has 0 radical (unpaired) electrons. The molecule has 1 atom stereocenters. The highest BCUT2D eigenvalue weighted by Gasteiger charge is 1.88. The molecule has 0 heterocycles. The van der Waals surface area contributed by atoms with Crippen molar-refractivity contribution in [2.75, 3.05) is 12.9 Å². The Morgan fingerprint density at radius 3 is 2.88 bits per heavy atom. The molecule has 3 N–H and O–H groups in total. The maximum atomic E-state index is 5.40. The van der Waals surface area contributed by atoms with Gasteiger partial charge in [-0.3, -0.25) is 0 Å². The summed E-state index contributed by atoms with van der Waals surface area (Å²) in [5, 5.41) is 2.81. The molecule has 0 aliphatic carbocycles. The van der Waals surface area contributed by atoms with E-state index >= 15 is 0 Å². The minimum atomic E-state index is -0.0240. The van der Waals surface area contributed by atoms with Crippen LogP contribution >= 0.6 is 11.6 Å². The van der Waals surface area contributed by atoms with Gasteiger partial charge in [0.1, 0.15) is 0 Å². The second kappa shape index (κ2) is 4.94. The number of halogens is 1. The van der Waals surface area contributed by atoms with Crippen LogP contribution in [0.4, 0.5) is 0 Å². The Bertz CT molecular complexity index is 72.8. The topological polar surface area (TPSA) is 38.0 Å². The van der Waals surface area contributed by atoms with Crippen LogP contribution in [0.25, 0.3) is 0 Å². The Hall–Kier alpha value is -0.210. The van der Waals surface area contributed by atoms with Gasteiger partial charge in [-0.15, -0.1) is 11.6 Å². The highest BCUT2D eigenvalue weighted by atomic mass is 35.5. The Labute approximate surface area is 54.7 Å². The molecule has 0 amide bonds. The summed E-state index contributed by atoms with van der Waals surface area (Å²) in [5.41, 5.74) is 5.40. The van der Waals surface area contributed by atoms with Gasteiger partial charge in [0.15, 0.2) is 0 Å². The summed E-state index contributed by atoms with van der Waals surface area (Å²) in [6.07, 6.45) is 3.58. The van der Waals surface area contributed by atoms with Gasteiger partial charge in [0.25, 0.3) is 0 Å². The van der Waals surface area contributed by atoms with Gasteiger partial charge in [0.05, 0.1) is 0 Å². The van der Waals surface area contributed by atoms with E-state index in [4.69, 9.17) is 17.3 Å². The van der Waals surface area contributed by atoms with E-state index in [9.17, 15) is 0 Å². The van der Waals surface area contributed by atoms with Crippen LogP contribution in [-0.4, -0.2) is 19.0 Å². The highest BCUT2D eigenvalue weighted by molar-refractivity contribution is 6.18. The summed E-state index contributed by atoms with van der Waals surface area (Å²) in [6, 6.07) is -0.0240. The minimum absolute atomic E-state index is 0.0240. The molecule has 0 aliphatic rings. The second-order valence-corrected chi connectivity index (χ2v) is 1.77. The van der Waals surface area contributed by atoms with Gasteiger partial charge in [-0.05, 0) is 6.20 Å². The van der Waals surface area contributed by atoms with E-state index in [0.29, 0.717) is 5.88 Å². The second-order valence-electron chi connectivity index (χ2n) is 1.47. The molecule has 0 aliphatic heterocycles. The minimum Gasteiger partial charge on any atom is -0.394 e. The number of nitrogens with two attached hydrogens (primary N) is 1. The lowest BCUT2D eigenvalue weighted by atomic mass is 10.3. The quantitative estimate of drug-likeness (QED) is 0.545. The van der Waals surface area contributed by atoms with Crippen LogP contribution < -0.4 is 11.1 Å². The summed E-state index contributed by atoms with van der Waals surface area (Å²) in [6.45, 7) is 0. The molecule has 3 heteroatoms. The normalized spacial score (nSPS) is 14.4. The number of rotatable bonds is 3. The van der Waals surface area contributed by atoms with Crippen LogP contribution in [0.1, 0.15) is 0 Å². The van der Waals surface area contributed by atoms with Crippen molar-refractivity contribution in [3.05, 3.63) is 12.3 Å². The molecule has 0 aromatic rings. The fourth-order valence-corrected chi connectivity index (χ4v) is 0.374. The zero-order valence-corrected chi connectivity index (χ0v) is 5.65. The van der Waals surface area contributed by atoms with Crippen molar-refractivity contribution in [2.24, 2.45) is 5.73 Å². The van der Waals surface area contributed by atoms with Crippen molar-refractivity contribution >= 4 is 11.6 Å². The first-order chi connectivity index (χ1) is 3.81. The molecule has 0 fully saturated rings. The van der Waals surface area contributed by atoms with Gasteiger partial charge >= 0.3 is 0 Å². The van der Waals surface area contributed by atoms with Crippen LogP contribution in [0, 0.1) is 0 Å². The Kier molecular flexibility index (Phi) is 4.81. The van der Waals surface area contributed by atoms with E-state index in [1.807, 2.05) is 13.1 Å². The van der Waals surface area contributed by atoms with Gasteiger partial charge in [-0.25, -0.2) is 0 Å². The smallest absolute Gasteiger partial charge is 0.0411 e. The van der Waals surface area contributed by atoms with E-state index < -0.39 is 0 Å². The van der Waals surface area contributed by atoms with Crippen LogP contribution in [0.2, 0.25) is 0 Å². The summed E-state index contributed by atoms with van der Waals surface area (Å²) in [5.74, 6) is 0.470. The van der Waals surface area contributed by atoms with Crippen molar-refractivity contribution < 1.29 is 0 Å². The summed E-state index contributed by atoms with van der Waals surface area (Å²) in [7, 11) is 1.82. The standard InChI is InChI=1S/C5H11ClN2/c1-8-3-2-5(7)4-6/h2-3,5,8H,4,7H2,1H3/b3-2-. The molecule has 0 saturated heterocycles. The van der Waals surface area contributed by atoms with Crippen molar-refractivity contribution in [1.82, 2.24) is 5.32 Å². The largest absolute Gasteiger partial charge is 0.394 e. The van der Waals surface area contributed by atoms with Crippen molar-refractivity contribution in [2.45, 2.75) is 6.04 Å². The predicted octanol–water partition coefficient (Wildman–Crippen LogP) is 0.286. The van der Waals surface area contributed by atoms with Crippen molar-refractivity contribution in [1.29, 1.82) is 0 Å². The maximum absolute atomic E-state index is 5.40. The average molecular weight is 135 g/mol. The molecular weight excluding hydrogens is 124 g/mol. The van der Waals surface area contributed by atoms with Crippen molar-refractivity contribution in [3.8, 4) is 0 Å². The third-order valence-electron chi connectivity index (χ3n) is 0.688. The first-order valence-corrected chi connectivity index (χ1v) is 3.00. The highest BCUT2D eigenvalue weighted by Crippen LogP contribution is 1.83. The third kappa shape index (κ3) is 3.96. The molecule has 0 aromatic carbocycles. The van der Waals surface area contributed by atoms with Crippen molar-refractivity contribution in [3.63, 3.8) is 0 Å². The number of nitrogens with one attached hydrogen (secondary N) is 1. The van der Waals surface area contributed by atoms with E-state index in [1.165, 1.54) is 0 Å². The van der Waals surface area contributed by atoms with Gasteiger partial charge in [-0.1, -0.05) is 6.08 Å². The molecule has 0 rings (SSSR count). The molecule has 0 saturated carbocycles. The van der Waals surface area contributed by atoms with Gasteiger partial charge in [-0.2, -0.15) is 0 Å². The fourth-order valence-electron chi connectivity index (χ4n) is 0.271. The molecule has 0 aromatic heterocycles. The summed E-state index contributed by atoms with van der Waals surface area (Å²) in [4.78, 5) is 0. The third-order valence-corrected chi connectivity index (χ3v) is 1.04. The molecule has 48 valence electrons. The zero-order valence-electron chi connectivity index (χ0n) is 4.89. The molecular formula is C5H11ClN2. The monoisotopic (exact) mass is 134 g/mol. The van der Waals surface area contributed by atoms with E-state index in [-0.39, 0.29) is 6.04 Å². The van der Waals surface area contributed by atoms with Crippen LogP contribution in [-0.2, 0) is 0 Å². The lowest BCUT2D eigenvalue weighted by molar-refractivity contribution is 0.917. The Morgan fingerprint density at radius 1 is 1.88 bits per heavy atom. The molecule has 0 bridgehead atoms.